The van der Waals surface area contributed by atoms with Crippen molar-refractivity contribution in [2.45, 2.75) is 40.7 Å². The van der Waals surface area contributed by atoms with Crippen LogP contribution in [0.1, 0.15) is 31.4 Å². The zero-order valence-electron chi connectivity index (χ0n) is 27.7. The predicted octanol–water partition coefficient (Wildman–Crippen LogP) is 8.34. The Labute approximate surface area is 332 Å². The monoisotopic (exact) mass is 974 g/mol. The van der Waals surface area contributed by atoms with Crippen LogP contribution in [0.15, 0.2) is 94.4 Å². The summed E-state index contributed by atoms with van der Waals surface area (Å²) in [5, 5.41) is 0. The van der Waals surface area contributed by atoms with Crippen molar-refractivity contribution in [3.05, 3.63) is 109 Å². The maximum absolute atomic E-state index is 6.19. The Morgan fingerprint density at radius 1 is 0.714 bits per heavy atom. The van der Waals surface area contributed by atoms with E-state index in [2.05, 4.69) is 37.9 Å². The second-order valence-corrected chi connectivity index (χ2v) is 14.2. The van der Waals surface area contributed by atoms with E-state index in [1.54, 1.807) is 41.7 Å². The number of allylic oxidation sites excluding steroid dienone is 2. The zero-order valence-corrected chi connectivity index (χ0v) is 34.0. The Bertz CT molecular complexity index is 1820. The minimum absolute atomic E-state index is 0. The summed E-state index contributed by atoms with van der Waals surface area (Å²) in [6, 6.07) is 21.7. The van der Waals surface area contributed by atoms with E-state index in [1.165, 1.54) is 0 Å². The third-order valence-electron chi connectivity index (χ3n) is 8.32. The second-order valence-electron chi connectivity index (χ2n) is 12.1. The van der Waals surface area contributed by atoms with E-state index in [1.807, 2.05) is 86.7 Å². The summed E-state index contributed by atoms with van der Waals surface area (Å²) < 4.78 is 33.9. The van der Waals surface area contributed by atoms with E-state index in [0.29, 0.717) is 24.0 Å². The van der Waals surface area contributed by atoms with E-state index in [-0.39, 0.29) is 45.7 Å². The molecule has 0 fully saturated rings. The molecule has 266 valence electrons. The molecule has 0 amide bonds. The van der Waals surface area contributed by atoms with Crippen LogP contribution in [-0.2, 0) is 55.1 Å². The largest absolute Gasteiger partial charge is 0.647 e. The number of halogens is 2. The van der Waals surface area contributed by atoms with Crippen LogP contribution in [0.3, 0.4) is 0 Å². The van der Waals surface area contributed by atoms with Gasteiger partial charge < -0.3 is 28.4 Å². The van der Waals surface area contributed by atoms with E-state index in [4.69, 9.17) is 38.4 Å². The first-order chi connectivity index (χ1) is 22.5. The summed E-state index contributed by atoms with van der Waals surface area (Å²) >= 11 is 7.64. The fourth-order valence-corrected chi connectivity index (χ4v) is 7.12. The summed E-state index contributed by atoms with van der Waals surface area (Å²) in [7, 11) is 6.62. The van der Waals surface area contributed by atoms with Crippen molar-refractivity contribution in [1.82, 2.24) is 0 Å². The minimum atomic E-state index is -0.834. The van der Waals surface area contributed by atoms with Gasteiger partial charge in [-0.2, -0.15) is 0 Å². The predicted molar refractivity (Wildman–Crippen MR) is 192 cm³/mol. The standard InChI is InChI=1S/C37H36Br2N2O6.2Pd/c1-35(21-46-33(40-35)26-13-25(16-30(17-26)44-5)23-9-7-11-28(14-23)42-3)20-36(2)22-47-34(41-36)31-18-27(19-37(39,45-6)32(31)38)24-10-8-12-29(15-24)43-4;;/h7-19,21-22,32H,20H2,1-6H3;;/q-2;;/t32?,35-,36-,37?;;/m1../s1. The molecule has 3 aliphatic rings. The number of alkyl halides is 2. The van der Waals surface area contributed by atoms with Crippen LogP contribution < -0.4 is 14.2 Å². The molecule has 1 aliphatic carbocycles. The van der Waals surface area contributed by atoms with Crippen molar-refractivity contribution in [3.8, 4) is 28.4 Å². The molecule has 0 spiro atoms. The summed E-state index contributed by atoms with van der Waals surface area (Å²) in [6.07, 6.45) is 4.61. The van der Waals surface area contributed by atoms with Gasteiger partial charge in [0.05, 0.1) is 26.2 Å². The molecule has 0 saturated carbocycles. The molecule has 3 aromatic rings. The number of hydrogen-bond acceptors (Lipinski definition) is 8. The van der Waals surface area contributed by atoms with Gasteiger partial charge in [-0.25, -0.2) is 0 Å². The molecule has 49 heavy (non-hydrogen) atoms. The first-order valence-corrected chi connectivity index (χ1v) is 16.7. The topological polar surface area (TPSA) is 80.1 Å². The molecule has 0 saturated heterocycles. The van der Waals surface area contributed by atoms with Gasteiger partial charge in [0.2, 0.25) is 0 Å². The van der Waals surface area contributed by atoms with Crippen LogP contribution in [0.4, 0.5) is 0 Å². The molecule has 3 aromatic carbocycles. The Balaban J connectivity index is 0.00000270. The van der Waals surface area contributed by atoms with Gasteiger partial charge in [0.15, 0.2) is 16.3 Å². The van der Waals surface area contributed by atoms with Crippen molar-refractivity contribution in [1.29, 1.82) is 0 Å². The number of hydrogen-bond donors (Lipinski definition) is 0. The third-order valence-corrected chi connectivity index (χ3v) is 11.1. The molecular formula is C37H36Br2N2O6Pd2-2. The number of methoxy groups -OCH3 is 4. The summed E-state index contributed by atoms with van der Waals surface area (Å²) in [6.45, 7) is 7.60. The molecule has 0 bridgehead atoms. The fourth-order valence-electron chi connectivity index (χ4n) is 5.98. The van der Waals surface area contributed by atoms with Gasteiger partial charge in [-0.15, -0.1) is 13.2 Å². The van der Waals surface area contributed by atoms with Gasteiger partial charge in [-0.05, 0) is 104 Å². The smallest absolute Gasteiger partial charge is 0.182 e. The van der Waals surface area contributed by atoms with Crippen LogP contribution in [0.5, 0.6) is 17.2 Å². The maximum Gasteiger partial charge on any atom is 0.182 e. The second kappa shape index (κ2) is 16.0. The normalized spacial score (nSPS) is 25.7. The Hall–Kier alpha value is -2.28. The third kappa shape index (κ3) is 8.45. The van der Waals surface area contributed by atoms with Crippen molar-refractivity contribution in [2.24, 2.45) is 9.98 Å². The summed E-state index contributed by atoms with van der Waals surface area (Å²) in [5.41, 5.74) is 4.17. The van der Waals surface area contributed by atoms with Gasteiger partial charge in [0.1, 0.15) is 17.2 Å². The fraction of sp³-hybridized carbons (Fsp3) is 0.297. The molecule has 6 rings (SSSR count). The number of benzene rings is 3. The van der Waals surface area contributed by atoms with Crippen LogP contribution in [0.2, 0.25) is 0 Å². The zero-order chi connectivity index (χ0) is 33.4. The van der Waals surface area contributed by atoms with Gasteiger partial charge in [-0.1, -0.05) is 60.5 Å². The summed E-state index contributed by atoms with van der Waals surface area (Å²) in [5.74, 6) is 3.25. The first-order valence-electron chi connectivity index (χ1n) is 15.0. The maximum atomic E-state index is 6.19. The van der Waals surface area contributed by atoms with Crippen molar-refractivity contribution >= 4 is 49.2 Å². The Morgan fingerprint density at radius 3 is 1.86 bits per heavy atom. The van der Waals surface area contributed by atoms with Gasteiger partial charge in [0.25, 0.3) is 0 Å². The van der Waals surface area contributed by atoms with Gasteiger partial charge in [-0.3, -0.25) is 9.98 Å². The molecule has 12 heteroatoms. The van der Waals surface area contributed by atoms with Gasteiger partial charge in [0, 0.05) is 59.1 Å². The SMILES string of the molecule is COc1cccc(C2=CC(Br)(OC)C(Br)C(C3=N[C@](C)(C[C@]4(C)[CH-]OC(c5cc(OC)cc(-c6cccc(OC)c6)c5)=N4)[CH-]O3)=C2)c1.[Pd].[Pd]. The Morgan fingerprint density at radius 2 is 1.24 bits per heavy atom. The van der Waals surface area contributed by atoms with E-state index in [0.717, 1.165) is 44.9 Å². The molecule has 0 N–H and O–H groups in total. The molecule has 0 radical (unpaired) electrons. The first kappa shape index (κ1) is 39.5. The van der Waals surface area contributed by atoms with E-state index >= 15 is 0 Å². The van der Waals surface area contributed by atoms with E-state index < -0.39 is 15.6 Å². The molecule has 2 aliphatic heterocycles. The number of nitrogens with zero attached hydrogens (tertiary/aromatic N) is 2. The summed E-state index contributed by atoms with van der Waals surface area (Å²) in [4.78, 5) is 9.86. The molecule has 8 nitrogen and oxygen atoms in total. The minimum Gasteiger partial charge on any atom is -0.647 e. The average molecular weight is 977 g/mol. The van der Waals surface area contributed by atoms with E-state index in [9.17, 15) is 0 Å². The van der Waals surface area contributed by atoms with Crippen molar-refractivity contribution < 1.29 is 69.3 Å². The van der Waals surface area contributed by atoms with Crippen LogP contribution >= 0.6 is 31.9 Å². The van der Waals surface area contributed by atoms with Crippen LogP contribution in [0.25, 0.3) is 16.7 Å². The number of rotatable bonds is 10. The van der Waals surface area contributed by atoms with Crippen molar-refractivity contribution in [2.75, 3.05) is 28.4 Å². The van der Waals surface area contributed by atoms with Crippen LogP contribution in [0, 0.1) is 13.2 Å². The quantitative estimate of drug-likeness (QED) is 0.116. The number of aliphatic imine (C=N–C) groups is 2. The molecule has 0 aromatic heterocycles. The molecular weight excluding hydrogens is 941 g/mol. The molecule has 2 unspecified atom stereocenters. The molecule has 4 atom stereocenters. The average Bonchev–Trinajstić information content (AvgIpc) is 3.67. The number of ether oxygens (including phenoxy) is 6. The van der Waals surface area contributed by atoms with Gasteiger partial charge >= 0.3 is 0 Å². The van der Waals surface area contributed by atoms with Crippen LogP contribution in [-0.4, -0.2) is 60.7 Å². The molecule has 2 heterocycles. The van der Waals surface area contributed by atoms with Crippen molar-refractivity contribution in [3.63, 3.8) is 0 Å². The Kier molecular flexibility index (Phi) is 12.9.